The maximum absolute atomic E-state index is 11.5. The van der Waals surface area contributed by atoms with Gasteiger partial charge in [-0.1, -0.05) is 30.3 Å². The van der Waals surface area contributed by atoms with Crippen LogP contribution in [0.5, 0.6) is 0 Å². The average molecular weight is 390 g/mol. The van der Waals surface area contributed by atoms with Gasteiger partial charge in [0.2, 0.25) is 5.91 Å². The van der Waals surface area contributed by atoms with E-state index in [9.17, 15) is 15.2 Å². The minimum Gasteiger partial charge on any atom is -0.391 e. The van der Waals surface area contributed by atoms with Crippen molar-refractivity contribution >= 4 is 11.7 Å². The molecule has 150 valence electrons. The fourth-order valence-electron chi connectivity index (χ4n) is 5.20. The Labute approximate surface area is 171 Å². The standard InChI is InChI=1S/C23H26N4O2/c1-14-9-15(2)26-22(18(14)10-24)27-12-20(29)23(13-27)19(11-25-16(3)28)21(23)17-7-5-4-6-8-17/h4-9,19-21,29H,11-13H2,1-3H3,(H,25,28)/t19-,20-,21-,23-/m1/s1. The normalized spacial score (nSPS) is 27.7. The Morgan fingerprint density at radius 3 is 2.76 bits per heavy atom. The third-order valence-electron chi connectivity index (χ3n) is 6.51. The number of anilines is 1. The third-order valence-corrected chi connectivity index (χ3v) is 6.51. The quantitative estimate of drug-likeness (QED) is 0.836. The molecule has 2 aromatic rings. The topological polar surface area (TPSA) is 89.3 Å². The van der Waals surface area contributed by atoms with Crippen molar-refractivity contribution in [3.63, 3.8) is 0 Å². The van der Waals surface area contributed by atoms with E-state index in [0.717, 1.165) is 11.3 Å². The lowest BCUT2D eigenvalue weighted by Gasteiger charge is -2.20. The number of carbonyl (C=O) groups is 1. The number of aryl methyl sites for hydroxylation is 2. The number of amides is 1. The number of rotatable bonds is 4. The van der Waals surface area contributed by atoms with Gasteiger partial charge in [-0.2, -0.15) is 5.26 Å². The highest BCUT2D eigenvalue weighted by atomic mass is 16.3. The Morgan fingerprint density at radius 1 is 1.38 bits per heavy atom. The van der Waals surface area contributed by atoms with Crippen molar-refractivity contribution in [1.82, 2.24) is 10.3 Å². The first-order valence-corrected chi connectivity index (χ1v) is 9.99. The van der Waals surface area contributed by atoms with Crippen molar-refractivity contribution < 1.29 is 9.90 Å². The van der Waals surface area contributed by atoms with Crippen LogP contribution in [0.1, 0.15) is 35.2 Å². The number of nitrogens with one attached hydrogen (secondary N) is 1. The highest BCUT2D eigenvalue weighted by Crippen LogP contribution is 2.69. The molecule has 2 aliphatic rings. The molecule has 6 nitrogen and oxygen atoms in total. The molecular weight excluding hydrogens is 364 g/mol. The number of hydrogen-bond donors (Lipinski definition) is 2. The largest absolute Gasteiger partial charge is 0.391 e. The summed E-state index contributed by atoms with van der Waals surface area (Å²) in [5, 5.41) is 23.8. The average Bonchev–Trinajstić information content (AvgIpc) is 3.20. The molecular formula is C23H26N4O2. The Morgan fingerprint density at radius 2 is 2.10 bits per heavy atom. The maximum Gasteiger partial charge on any atom is 0.216 e. The Kier molecular flexibility index (Phi) is 4.79. The molecule has 1 saturated heterocycles. The minimum atomic E-state index is -0.555. The van der Waals surface area contributed by atoms with Crippen LogP contribution in [0.15, 0.2) is 36.4 Å². The number of aromatic nitrogens is 1. The van der Waals surface area contributed by atoms with E-state index in [2.05, 4.69) is 28.5 Å². The van der Waals surface area contributed by atoms with Gasteiger partial charge >= 0.3 is 0 Å². The third kappa shape index (κ3) is 3.16. The predicted molar refractivity (Wildman–Crippen MR) is 110 cm³/mol. The summed E-state index contributed by atoms with van der Waals surface area (Å²) in [6, 6.07) is 14.4. The van der Waals surface area contributed by atoms with E-state index in [-0.39, 0.29) is 23.2 Å². The van der Waals surface area contributed by atoms with Gasteiger partial charge in [-0.15, -0.1) is 0 Å². The Hall–Kier alpha value is -2.91. The second kappa shape index (κ2) is 7.16. The van der Waals surface area contributed by atoms with Crippen LogP contribution in [0.25, 0.3) is 0 Å². The van der Waals surface area contributed by atoms with E-state index in [1.807, 2.05) is 43.0 Å². The number of carbonyl (C=O) groups excluding carboxylic acids is 1. The second-order valence-corrected chi connectivity index (χ2v) is 8.33. The van der Waals surface area contributed by atoms with E-state index in [0.29, 0.717) is 31.0 Å². The number of benzene rings is 1. The Balaban J connectivity index is 1.69. The summed E-state index contributed by atoms with van der Waals surface area (Å²) in [6.07, 6.45) is -0.555. The van der Waals surface area contributed by atoms with Crippen LogP contribution in [0.2, 0.25) is 0 Å². The summed E-state index contributed by atoms with van der Waals surface area (Å²) in [5.41, 5.74) is 3.15. The van der Waals surface area contributed by atoms with Crippen molar-refractivity contribution in [3.05, 3.63) is 58.8 Å². The first-order valence-electron chi connectivity index (χ1n) is 9.99. The number of aliphatic hydroxyl groups excluding tert-OH is 1. The predicted octanol–water partition coefficient (Wildman–Crippen LogP) is 2.29. The molecule has 1 aliphatic carbocycles. The summed E-state index contributed by atoms with van der Waals surface area (Å²) in [4.78, 5) is 18.2. The molecule has 2 N–H and O–H groups in total. The second-order valence-electron chi connectivity index (χ2n) is 8.33. The highest BCUT2D eigenvalue weighted by molar-refractivity contribution is 5.73. The molecule has 4 atom stereocenters. The first-order chi connectivity index (χ1) is 13.9. The van der Waals surface area contributed by atoms with Gasteiger partial charge < -0.3 is 15.3 Å². The number of pyridine rings is 1. The molecule has 0 radical (unpaired) electrons. The zero-order valence-electron chi connectivity index (χ0n) is 17.0. The molecule has 1 spiro atoms. The number of β-amino-alcohol motifs (C(OH)–C–C–N with tert-alkyl or cyclic N) is 1. The van der Waals surface area contributed by atoms with Crippen LogP contribution in [0.4, 0.5) is 5.82 Å². The lowest BCUT2D eigenvalue weighted by molar-refractivity contribution is -0.119. The summed E-state index contributed by atoms with van der Waals surface area (Å²) in [6.45, 7) is 6.94. The summed E-state index contributed by atoms with van der Waals surface area (Å²) in [7, 11) is 0. The Bertz CT molecular complexity index is 984. The molecule has 1 aromatic carbocycles. The lowest BCUT2D eigenvalue weighted by Crippen LogP contribution is -2.28. The van der Waals surface area contributed by atoms with Crippen LogP contribution in [0.3, 0.4) is 0 Å². The van der Waals surface area contributed by atoms with Crippen molar-refractivity contribution in [2.45, 2.75) is 32.8 Å². The van der Waals surface area contributed by atoms with Gasteiger partial charge in [-0.05, 0) is 42.9 Å². The fourth-order valence-corrected chi connectivity index (χ4v) is 5.20. The molecule has 4 rings (SSSR count). The molecule has 1 aliphatic heterocycles. The van der Waals surface area contributed by atoms with Crippen LogP contribution < -0.4 is 10.2 Å². The van der Waals surface area contributed by atoms with Gasteiger partial charge in [-0.25, -0.2) is 4.98 Å². The van der Waals surface area contributed by atoms with Crippen LogP contribution in [-0.4, -0.2) is 41.7 Å². The van der Waals surface area contributed by atoms with Gasteiger partial charge in [0.15, 0.2) is 0 Å². The van der Waals surface area contributed by atoms with E-state index >= 15 is 0 Å². The summed E-state index contributed by atoms with van der Waals surface area (Å²) in [5.74, 6) is 0.890. The van der Waals surface area contributed by atoms with Crippen LogP contribution >= 0.6 is 0 Å². The number of nitrogens with zero attached hydrogens (tertiary/aromatic N) is 3. The van der Waals surface area contributed by atoms with Crippen molar-refractivity contribution in [2.24, 2.45) is 11.3 Å². The SMILES string of the molecule is CC(=O)NC[C@@H]1[C@@H](c2ccccc2)[C@]12CN(c1nc(C)cc(C)c1C#N)C[C@H]2O. The molecule has 0 unspecified atom stereocenters. The molecule has 2 fully saturated rings. The van der Waals surface area contributed by atoms with E-state index in [1.165, 1.54) is 12.5 Å². The van der Waals surface area contributed by atoms with Crippen molar-refractivity contribution in [1.29, 1.82) is 5.26 Å². The molecule has 1 amide bonds. The van der Waals surface area contributed by atoms with Gasteiger partial charge in [0.1, 0.15) is 11.9 Å². The number of nitriles is 1. The fraction of sp³-hybridized carbons (Fsp3) is 0.435. The monoisotopic (exact) mass is 390 g/mol. The zero-order chi connectivity index (χ0) is 20.8. The molecule has 6 heteroatoms. The maximum atomic E-state index is 11.5. The summed E-state index contributed by atoms with van der Waals surface area (Å²) >= 11 is 0. The van der Waals surface area contributed by atoms with Crippen LogP contribution in [0, 0.1) is 36.5 Å². The molecule has 0 bridgehead atoms. The lowest BCUT2D eigenvalue weighted by atomic mass is 9.95. The number of hydrogen-bond acceptors (Lipinski definition) is 5. The van der Waals surface area contributed by atoms with E-state index in [4.69, 9.17) is 0 Å². The van der Waals surface area contributed by atoms with Crippen LogP contribution in [-0.2, 0) is 4.79 Å². The van der Waals surface area contributed by atoms with Crippen molar-refractivity contribution in [3.8, 4) is 6.07 Å². The molecule has 1 aromatic heterocycles. The number of aliphatic hydroxyl groups is 1. The minimum absolute atomic E-state index is 0.0639. The summed E-state index contributed by atoms with van der Waals surface area (Å²) < 4.78 is 0. The molecule has 2 heterocycles. The van der Waals surface area contributed by atoms with Gasteiger partial charge in [0.25, 0.3) is 0 Å². The first kappa shape index (κ1) is 19.4. The smallest absolute Gasteiger partial charge is 0.216 e. The van der Waals surface area contributed by atoms with E-state index in [1.54, 1.807) is 0 Å². The van der Waals surface area contributed by atoms with Crippen molar-refractivity contribution in [2.75, 3.05) is 24.5 Å². The molecule has 1 saturated carbocycles. The van der Waals surface area contributed by atoms with E-state index < -0.39 is 6.10 Å². The van der Waals surface area contributed by atoms with Gasteiger partial charge in [0.05, 0.1) is 11.7 Å². The molecule has 29 heavy (non-hydrogen) atoms. The highest BCUT2D eigenvalue weighted by Gasteiger charge is 2.71. The zero-order valence-corrected chi connectivity index (χ0v) is 17.0. The van der Waals surface area contributed by atoms with Gasteiger partial charge in [-0.3, -0.25) is 4.79 Å². The van der Waals surface area contributed by atoms with Gasteiger partial charge in [0, 0.05) is 37.7 Å².